The van der Waals surface area contributed by atoms with E-state index in [-0.39, 0.29) is 5.82 Å². The zero-order chi connectivity index (χ0) is 12.4. The number of aromatic nitrogens is 2. The van der Waals surface area contributed by atoms with Gasteiger partial charge in [-0.15, -0.1) is 0 Å². The molecule has 0 fully saturated rings. The minimum absolute atomic E-state index is 0.229. The lowest BCUT2D eigenvalue weighted by Crippen LogP contribution is -2.07. The van der Waals surface area contributed by atoms with Crippen molar-refractivity contribution in [2.45, 2.75) is 13.5 Å². The maximum Gasteiger partial charge on any atom is 0.128 e. The molecule has 2 aromatic rings. The number of imidazole rings is 1. The van der Waals surface area contributed by atoms with Gasteiger partial charge in [-0.2, -0.15) is 0 Å². The van der Waals surface area contributed by atoms with Crippen LogP contribution in [0.15, 0.2) is 24.4 Å². The number of hydrogen-bond donors (Lipinski definition) is 1. The Morgan fingerprint density at radius 1 is 1.47 bits per heavy atom. The van der Waals surface area contributed by atoms with E-state index in [1.165, 1.54) is 12.1 Å². The SMILES string of the molecule is Cc1cc(F)ccc1NCc1ncc(Cl)n1C. The van der Waals surface area contributed by atoms with Crippen LogP contribution in [-0.2, 0) is 13.6 Å². The Labute approximate surface area is 104 Å². The zero-order valence-corrected chi connectivity index (χ0v) is 10.4. The summed E-state index contributed by atoms with van der Waals surface area (Å²) in [5.74, 6) is 0.604. The van der Waals surface area contributed by atoms with Crippen LogP contribution in [-0.4, -0.2) is 9.55 Å². The van der Waals surface area contributed by atoms with Crippen LogP contribution in [0, 0.1) is 12.7 Å². The molecule has 1 aromatic heterocycles. The lowest BCUT2D eigenvalue weighted by Gasteiger charge is -2.09. The molecule has 0 spiro atoms. The molecule has 0 saturated carbocycles. The zero-order valence-electron chi connectivity index (χ0n) is 9.67. The molecule has 1 aromatic carbocycles. The Kier molecular flexibility index (Phi) is 3.33. The Bertz CT molecular complexity index is 537. The highest BCUT2D eigenvalue weighted by Crippen LogP contribution is 2.17. The van der Waals surface area contributed by atoms with Crippen LogP contribution in [0.4, 0.5) is 10.1 Å². The van der Waals surface area contributed by atoms with Gasteiger partial charge in [0, 0.05) is 12.7 Å². The Hall–Kier alpha value is -1.55. The van der Waals surface area contributed by atoms with Crippen molar-refractivity contribution in [3.05, 3.63) is 46.8 Å². The molecule has 1 heterocycles. The Balaban J connectivity index is 2.10. The average molecular weight is 254 g/mol. The van der Waals surface area contributed by atoms with E-state index in [0.29, 0.717) is 11.7 Å². The van der Waals surface area contributed by atoms with Crippen LogP contribution in [0.3, 0.4) is 0 Å². The second kappa shape index (κ2) is 4.75. The van der Waals surface area contributed by atoms with Crippen LogP contribution in [0.2, 0.25) is 5.15 Å². The van der Waals surface area contributed by atoms with Gasteiger partial charge in [0.1, 0.15) is 16.8 Å². The standard InChI is InChI=1S/C12H13ClFN3/c1-8-5-9(14)3-4-10(8)15-7-12-16-6-11(13)17(12)2/h3-6,15H,7H2,1-2H3. The highest BCUT2D eigenvalue weighted by Gasteiger charge is 2.05. The predicted molar refractivity (Wildman–Crippen MR) is 66.7 cm³/mol. The molecule has 1 N–H and O–H groups in total. The second-order valence-electron chi connectivity index (χ2n) is 3.87. The van der Waals surface area contributed by atoms with Crippen molar-refractivity contribution >= 4 is 17.3 Å². The summed E-state index contributed by atoms with van der Waals surface area (Å²) in [5, 5.41) is 3.80. The first-order valence-corrected chi connectivity index (χ1v) is 5.62. The van der Waals surface area contributed by atoms with Gasteiger partial charge in [-0.1, -0.05) is 11.6 Å². The van der Waals surface area contributed by atoms with Crippen LogP contribution in [0.5, 0.6) is 0 Å². The number of aryl methyl sites for hydroxylation is 1. The van der Waals surface area contributed by atoms with Crippen molar-refractivity contribution in [1.82, 2.24) is 9.55 Å². The van der Waals surface area contributed by atoms with E-state index in [1.54, 1.807) is 16.8 Å². The topological polar surface area (TPSA) is 29.9 Å². The van der Waals surface area contributed by atoms with Crippen LogP contribution >= 0.6 is 11.6 Å². The van der Waals surface area contributed by atoms with Crippen molar-refractivity contribution in [1.29, 1.82) is 0 Å². The molecule has 0 aliphatic carbocycles. The maximum atomic E-state index is 12.9. The molecule has 90 valence electrons. The van der Waals surface area contributed by atoms with Gasteiger partial charge in [0.25, 0.3) is 0 Å². The number of rotatable bonds is 3. The van der Waals surface area contributed by atoms with Crippen molar-refractivity contribution in [2.75, 3.05) is 5.32 Å². The van der Waals surface area contributed by atoms with Crippen molar-refractivity contribution < 1.29 is 4.39 Å². The van der Waals surface area contributed by atoms with Gasteiger partial charge in [-0.3, -0.25) is 0 Å². The molecule has 0 aliphatic heterocycles. The predicted octanol–water partition coefficient (Wildman–Crippen LogP) is 3.13. The molecule has 17 heavy (non-hydrogen) atoms. The summed E-state index contributed by atoms with van der Waals surface area (Å²) in [5.41, 5.74) is 1.76. The first kappa shape index (κ1) is 11.9. The summed E-state index contributed by atoms with van der Waals surface area (Å²) in [7, 11) is 1.85. The fourth-order valence-corrected chi connectivity index (χ4v) is 1.73. The van der Waals surface area contributed by atoms with Crippen molar-refractivity contribution in [3.63, 3.8) is 0 Å². The average Bonchev–Trinajstić information content (AvgIpc) is 2.59. The largest absolute Gasteiger partial charge is 0.378 e. The number of anilines is 1. The molecular formula is C12H13ClFN3. The molecule has 0 saturated heterocycles. The number of benzene rings is 1. The first-order valence-electron chi connectivity index (χ1n) is 5.24. The van der Waals surface area contributed by atoms with Gasteiger partial charge < -0.3 is 9.88 Å². The highest BCUT2D eigenvalue weighted by molar-refractivity contribution is 6.29. The summed E-state index contributed by atoms with van der Waals surface area (Å²) >= 11 is 5.89. The van der Waals surface area contributed by atoms with Crippen LogP contribution in [0.25, 0.3) is 0 Å². The molecule has 0 bridgehead atoms. The molecule has 0 radical (unpaired) electrons. The normalized spacial score (nSPS) is 10.6. The second-order valence-corrected chi connectivity index (χ2v) is 4.26. The summed E-state index contributed by atoms with van der Waals surface area (Å²) < 4.78 is 14.7. The smallest absolute Gasteiger partial charge is 0.128 e. The molecule has 0 atom stereocenters. The molecule has 2 rings (SSSR count). The van der Waals surface area contributed by atoms with Gasteiger partial charge >= 0.3 is 0 Å². The lowest BCUT2D eigenvalue weighted by molar-refractivity contribution is 0.627. The lowest BCUT2D eigenvalue weighted by atomic mass is 10.2. The van der Waals surface area contributed by atoms with Gasteiger partial charge in [-0.25, -0.2) is 9.37 Å². The Morgan fingerprint density at radius 2 is 2.24 bits per heavy atom. The van der Waals surface area contributed by atoms with Crippen LogP contribution < -0.4 is 5.32 Å². The molecule has 0 amide bonds. The number of nitrogens with one attached hydrogen (secondary N) is 1. The van der Waals surface area contributed by atoms with E-state index in [0.717, 1.165) is 17.1 Å². The minimum Gasteiger partial charge on any atom is -0.378 e. The summed E-state index contributed by atoms with van der Waals surface area (Å²) in [4.78, 5) is 4.17. The molecule has 0 aliphatic rings. The van der Waals surface area contributed by atoms with Gasteiger partial charge in [0.2, 0.25) is 0 Å². The number of nitrogens with zero attached hydrogens (tertiary/aromatic N) is 2. The van der Waals surface area contributed by atoms with Gasteiger partial charge in [0.15, 0.2) is 0 Å². The summed E-state index contributed by atoms with van der Waals surface area (Å²) in [6.07, 6.45) is 1.61. The first-order chi connectivity index (χ1) is 8.08. The molecular weight excluding hydrogens is 241 g/mol. The summed E-state index contributed by atoms with van der Waals surface area (Å²) in [6.45, 7) is 2.41. The van der Waals surface area contributed by atoms with Gasteiger partial charge in [0.05, 0.1) is 12.7 Å². The minimum atomic E-state index is -0.229. The van der Waals surface area contributed by atoms with E-state index in [9.17, 15) is 4.39 Å². The van der Waals surface area contributed by atoms with Crippen molar-refractivity contribution in [3.8, 4) is 0 Å². The fourth-order valence-electron chi connectivity index (χ4n) is 1.59. The third-order valence-electron chi connectivity index (χ3n) is 2.65. The number of hydrogen-bond acceptors (Lipinski definition) is 2. The maximum absolute atomic E-state index is 12.9. The van der Waals surface area contributed by atoms with E-state index in [1.807, 2.05) is 14.0 Å². The van der Waals surface area contributed by atoms with Crippen molar-refractivity contribution in [2.24, 2.45) is 7.05 Å². The van der Waals surface area contributed by atoms with E-state index < -0.39 is 0 Å². The monoisotopic (exact) mass is 253 g/mol. The van der Waals surface area contributed by atoms with E-state index >= 15 is 0 Å². The highest BCUT2D eigenvalue weighted by atomic mass is 35.5. The van der Waals surface area contributed by atoms with Gasteiger partial charge in [-0.05, 0) is 30.7 Å². The molecule has 3 nitrogen and oxygen atoms in total. The van der Waals surface area contributed by atoms with Crippen LogP contribution in [0.1, 0.15) is 11.4 Å². The number of halogens is 2. The summed E-state index contributed by atoms with van der Waals surface area (Å²) in [6, 6.07) is 4.64. The third-order valence-corrected chi connectivity index (χ3v) is 3.00. The Morgan fingerprint density at radius 3 is 2.82 bits per heavy atom. The van der Waals surface area contributed by atoms with E-state index in [4.69, 9.17) is 11.6 Å². The fraction of sp³-hybridized carbons (Fsp3) is 0.250. The third kappa shape index (κ3) is 2.58. The van der Waals surface area contributed by atoms with E-state index in [2.05, 4.69) is 10.3 Å². The quantitative estimate of drug-likeness (QED) is 0.911. The molecule has 0 unspecified atom stereocenters. The molecule has 5 heteroatoms.